The first kappa shape index (κ1) is 18.8. The molecule has 2 aliphatic rings. The second-order valence-corrected chi connectivity index (χ2v) is 7.50. The fourth-order valence-electron chi connectivity index (χ4n) is 3.48. The highest BCUT2D eigenvalue weighted by Crippen LogP contribution is 2.39. The van der Waals surface area contributed by atoms with Gasteiger partial charge in [0.25, 0.3) is 5.91 Å². The van der Waals surface area contributed by atoms with Gasteiger partial charge >= 0.3 is 0 Å². The van der Waals surface area contributed by atoms with E-state index < -0.39 is 0 Å². The van der Waals surface area contributed by atoms with Crippen molar-refractivity contribution in [1.82, 2.24) is 10.2 Å². The lowest BCUT2D eigenvalue weighted by Crippen LogP contribution is -2.32. The van der Waals surface area contributed by atoms with Gasteiger partial charge in [0.1, 0.15) is 5.75 Å². The Balaban J connectivity index is 1.34. The second kappa shape index (κ2) is 8.58. The Morgan fingerprint density at radius 2 is 2.00 bits per heavy atom. The standard InChI is InChI=1S/C20H25ClN2O3/c1-14(23-12-16(11-20(23)25)15-3-2-4-15)9-10-22-19(24)13-26-18-7-5-17(21)6-8-18/h5-8,15-16H,1-4,9-13H2,(H,22,24)/t16-/m0/s1. The minimum absolute atomic E-state index is 0.0551. The minimum atomic E-state index is -0.201. The third-order valence-corrected chi connectivity index (χ3v) is 5.52. The van der Waals surface area contributed by atoms with Crippen LogP contribution in [0.15, 0.2) is 36.5 Å². The van der Waals surface area contributed by atoms with Crippen molar-refractivity contribution in [2.75, 3.05) is 19.7 Å². The summed E-state index contributed by atoms with van der Waals surface area (Å²) in [6.07, 6.45) is 5.01. The van der Waals surface area contributed by atoms with Gasteiger partial charge in [-0.15, -0.1) is 0 Å². The average Bonchev–Trinajstić information content (AvgIpc) is 2.94. The lowest BCUT2D eigenvalue weighted by Gasteiger charge is -2.31. The molecule has 1 N–H and O–H groups in total. The Morgan fingerprint density at radius 3 is 2.65 bits per heavy atom. The molecule has 1 saturated carbocycles. The van der Waals surface area contributed by atoms with Crippen LogP contribution in [0.1, 0.15) is 32.1 Å². The van der Waals surface area contributed by atoms with Crippen LogP contribution in [0.3, 0.4) is 0 Å². The van der Waals surface area contributed by atoms with E-state index in [0.717, 1.165) is 12.2 Å². The number of carbonyl (C=O) groups excluding carboxylic acids is 2. The monoisotopic (exact) mass is 376 g/mol. The third-order valence-electron chi connectivity index (χ3n) is 5.27. The maximum Gasteiger partial charge on any atom is 0.257 e. The molecule has 0 aromatic heterocycles. The SMILES string of the molecule is C=C(CCNC(=O)COc1ccc(Cl)cc1)N1C[C@@H](C2CCC2)CC1=O. The zero-order chi connectivity index (χ0) is 18.5. The summed E-state index contributed by atoms with van der Waals surface area (Å²) in [4.78, 5) is 25.9. The summed E-state index contributed by atoms with van der Waals surface area (Å²) < 4.78 is 5.40. The van der Waals surface area contributed by atoms with Crippen LogP contribution >= 0.6 is 11.6 Å². The topological polar surface area (TPSA) is 58.6 Å². The molecule has 26 heavy (non-hydrogen) atoms. The maximum absolute atomic E-state index is 12.2. The highest BCUT2D eigenvalue weighted by Gasteiger charge is 2.37. The zero-order valence-corrected chi connectivity index (χ0v) is 15.6. The van der Waals surface area contributed by atoms with Crippen LogP contribution in [0, 0.1) is 11.8 Å². The number of nitrogens with one attached hydrogen (secondary N) is 1. The molecule has 3 rings (SSSR count). The summed E-state index contributed by atoms with van der Waals surface area (Å²) in [5.41, 5.74) is 0.788. The first-order valence-corrected chi connectivity index (χ1v) is 9.54. The molecule has 0 unspecified atom stereocenters. The van der Waals surface area contributed by atoms with E-state index >= 15 is 0 Å². The van der Waals surface area contributed by atoms with Crippen molar-refractivity contribution in [1.29, 1.82) is 0 Å². The molecule has 1 saturated heterocycles. The molecule has 1 atom stereocenters. The second-order valence-electron chi connectivity index (χ2n) is 7.07. The number of rotatable bonds is 8. The number of benzene rings is 1. The first-order valence-electron chi connectivity index (χ1n) is 9.16. The predicted octanol–water partition coefficient (Wildman–Crippen LogP) is 3.39. The lowest BCUT2D eigenvalue weighted by molar-refractivity contribution is -0.126. The fraction of sp³-hybridized carbons (Fsp3) is 0.500. The van der Waals surface area contributed by atoms with Crippen LogP contribution in [0.25, 0.3) is 0 Å². The normalized spacial score (nSPS) is 20.0. The van der Waals surface area contributed by atoms with Crippen LogP contribution in [-0.4, -0.2) is 36.4 Å². The van der Waals surface area contributed by atoms with Crippen molar-refractivity contribution in [3.8, 4) is 5.75 Å². The van der Waals surface area contributed by atoms with Crippen LogP contribution in [0.5, 0.6) is 5.75 Å². The van der Waals surface area contributed by atoms with Crippen molar-refractivity contribution < 1.29 is 14.3 Å². The summed E-state index contributed by atoms with van der Waals surface area (Å²) in [6, 6.07) is 6.86. The number of hydrogen-bond acceptors (Lipinski definition) is 3. The number of halogens is 1. The highest BCUT2D eigenvalue weighted by atomic mass is 35.5. The minimum Gasteiger partial charge on any atom is -0.484 e. The third kappa shape index (κ3) is 4.79. The molecule has 1 aliphatic carbocycles. The van der Waals surface area contributed by atoms with Crippen molar-refractivity contribution in [3.05, 3.63) is 41.6 Å². The van der Waals surface area contributed by atoms with Gasteiger partial charge in [-0.25, -0.2) is 0 Å². The van der Waals surface area contributed by atoms with Crippen LogP contribution < -0.4 is 10.1 Å². The predicted molar refractivity (Wildman–Crippen MR) is 101 cm³/mol. The molecule has 0 bridgehead atoms. The molecule has 1 heterocycles. The highest BCUT2D eigenvalue weighted by molar-refractivity contribution is 6.30. The zero-order valence-electron chi connectivity index (χ0n) is 14.9. The van der Waals surface area contributed by atoms with E-state index in [1.165, 1.54) is 19.3 Å². The van der Waals surface area contributed by atoms with E-state index in [2.05, 4.69) is 11.9 Å². The molecule has 140 valence electrons. The van der Waals surface area contributed by atoms with E-state index in [4.69, 9.17) is 16.3 Å². The van der Waals surface area contributed by atoms with Gasteiger partial charge < -0.3 is 15.0 Å². The van der Waals surface area contributed by atoms with E-state index in [1.807, 2.05) is 0 Å². The Labute approximate surface area is 159 Å². The number of hydrogen-bond donors (Lipinski definition) is 1. The van der Waals surface area contributed by atoms with Crippen molar-refractivity contribution in [3.63, 3.8) is 0 Å². The Hall–Kier alpha value is -2.01. The van der Waals surface area contributed by atoms with Gasteiger partial charge in [0.2, 0.25) is 5.91 Å². The van der Waals surface area contributed by atoms with E-state index in [0.29, 0.717) is 42.0 Å². The summed E-state index contributed by atoms with van der Waals surface area (Å²) in [6.45, 7) is 5.21. The van der Waals surface area contributed by atoms with Crippen molar-refractivity contribution in [2.45, 2.75) is 32.1 Å². The fourth-order valence-corrected chi connectivity index (χ4v) is 3.61. The number of carbonyl (C=O) groups is 2. The van der Waals surface area contributed by atoms with Crippen LogP contribution in [0.4, 0.5) is 0 Å². The average molecular weight is 377 g/mol. The van der Waals surface area contributed by atoms with Crippen LogP contribution in [0.2, 0.25) is 5.02 Å². The van der Waals surface area contributed by atoms with E-state index in [1.54, 1.807) is 29.2 Å². The van der Waals surface area contributed by atoms with Crippen LogP contribution in [-0.2, 0) is 9.59 Å². The molecule has 1 aliphatic heterocycles. The first-order chi connectivity index (χ1) is 12.5. The number of amides is 2. The molecule has 0 radical (unpaired) electrons. The van der Waals surface area contributed by atoms with Gasteiger partial charge in [-0.3, -0.25) is 9.59 Å². The molecular formula is C20H25ClN2O3. The summed E-state index contributed by atoms with van der Waals surface area (Å²) in [7, 11) is 0. The molecule has 0 spiro atoms. The Morgan fingerprint density at radius 1 is 1.27 bits per heavy atom. The largest absolute Gasteiger partial charge is 0.484 e. The maximum atomic E-state index is 12.2. The van der Waals surface area contributed by atoms with Gasteiger partial charge in [0.15, 0.2) is 6.61 Å². The molecule has 1 aromatic rings. The lowest BCUT2D eigenvalue weighted by atomic mass is 9.75. The smallest absolute Gasteiger partial charge is 0.257 e. The molecule has 2 fully saturated rings. The van der Waals surface area contributed by atoms with Gasteiger partial charge in [-0.1, -0.05) is 37.4 Å². The van der Waals surface area contributed by atoms with Gasteiger partial charge in [-0.2, -0.15) is 0 Å². The molecule has 2 amide bonds. The Kier molecular flexibility index (Phi) is 6.20. The molecular weight excluding hydrogens is 352 g/mol. The van der Waals surface area contributed by atoms with Gasteiger partial charge in [0, 0.05) is 36.7 Å². The van der Waals surface area contributed by atoms with Crippen molar-refractivity contribution in [2.24, 2.45) is 11.8 Å². The number of ether oxygens (including phenoxy) is 1. The Bertz CT molecular complexity index is 670. The van der Waals surface area contributed by atoms with Crippen molar-refractivity contribution >= 4 is 23.4 Å². The number of likely N-dealkylation sites (tertiary alicyclic amines) is 1. The quantitative estimate of drug-likeness (QED) is 0.756. The van der Waals surface area contributed by atoms with E-state index in [-0.39, 0.29) is 18.4 Å². The summed E-state index contributed by atoms with van der Waals surface area (Å²) in [5, 5.41) is 3.42. The van der Waals surface area contributed by atoms with Gasteiger partial charge in [-0.05, 0) is 36.1 Å². The van der Waals surface area contributed by atoms with E-state index in [9.17, 15) is 9.59 Å². The molecule has 1 aromatic carbocycles. The molecule has 6 heteroatoms. The number of nitrogens with zero attached hydrogens (tertiary/aromatic N) is 1. The molecule has 5 nitrogen and oxygen atoms in total. The summed E-state index contributed by atoms with van der Waals surface area (Å²) in [5.74, 6) is 1.76. The van der Waals surface area contributed by atoms with Gasteiger partial charge in [0.05, 0.1) is 0 Å². The summed E-state index contributed by atoms with van der Waals surface area (Å²) >= 11 is 5.80.